The fourth-order valence-electron chi connectivity index (χ4n) is 2.03. The van der Waals surface area contributed by atoms with E-state index in [4.69, 9.17) is 10.00 Å². The van der Waals surface area contributed by atoms with Crippen LogP contribution < -0.4 is 5.32 Å². The molecule has 0 spiro atoms. The summed E-state index contributed by atoms with van der Waals surface area (Å²) in [4.78, 5) is 12.1. The molecule has 1 amide bonds. The van der Waals surface area contributed by atoms with Crippen molar-refractivity contribution in [2.24, 2.45) is 5.41 Å². The lowest BCUT2D eigenvalue weighted by molar-refractivity contribution is -0.150. The molecule has 4 nitrogen and oxygen atoms in total. The van der Waals surface area contributed by atoms with Crippen LogP contribution in [0.1, 0.15) is 19.4 Å². The number of hydrogen-bond donors (Lipinski definition) is 1. The molecule has 0 saturated carbocycles. The largest absolute Gasteiger partial charge is 0.377 e. The van der Waals surface area contributed by atoms with Crippen molar-refractivity contribution in [2.75, 3.05) is 19.8 Å². The summed E-state index contributed by atoms with van der Waals surface area (Å²) >= 11 is 3.45. The average Bonchev–Trinajstić information content (AvgIpc) is 2.36. The lowest BCUT2D eigenvalue weighted by Crippen LogP contribution is -2.54. The van der Waals surface area contributed by atoms with Gasteiger partial charge >= 0.3 is 0 Å². The topological polar surface area (TPSA) is 62.1 Å². The van der Waals surface area contributed by atoms with Crippen molar-refractivity contribution in [3.63, 3.8) is 0 Å². The predicted octanol–water partition coefficient (Wildman–Crippen LogP) is 2.38. The van der Waals surface area contributed by atoms with Crippen molar-refractivity contribution in [1.29, 1.82) is 5.26 Å². The number of hydrogen-bond acceptors (Lipinski definition) is 3. The van der Waals surface area contributed by atoms with Crippen molar-refractivity contribution in [3.8, 4) is 6.07 Å². The van der Waals surface area contributed by atoms with E-state index >= 15 is 0 Å². The lowest BCUT2D eigenvalue weighted by Gasteiger charge is -2.35. The van der Waals surface area contributed by atoms with E-state index in [1.165, 1.54) is 0 Å². The summed E-state index contributed by atoms with van der Waals surface area (Å²) in [5.41, 5.74) is -0.0725. The highest BCUT2D eigenvalue weighted by molar-refractivity contribution is 9.10. The Bertz CT molecular complexity index is 559. The maximum Gasteiger partial charge on any atom is 0.245 e. The van der Waals surface area contributed by atoms with Crippen LogP contribution >= 0.6 is 15.9 Å². The number of benzene rings is 1. The third-order valence-electron chi connectivity index (χ3n) is 3.64. The minimum atomic E-state index is -0.993. The standard InChI is InChI=1S/C15H17BrN2O2/c1-14(2,11-4-3-5-12(16)6-11)8-18-13(19)15(7-17)9-20-10-15/h3-6H,8-10H2,1-2H3,(H,18,19). The summed E-state index contributed by atoms with van der Waals surface area (Å²) in [6, 6.07) is 10.1. The molecule has 1 aliphatic rings. The number of amides is 1. The van der Waals surface area contributed by atoms with E-state index in [9.17, 15) is 4.79 Å². The minimum Gasteiger partial charge on any atom is -0.377 e. The Balaban J connectivity index is 2.03. The molecule has 1 fully saturated rings. The number of rotatable bonds is 4. The van der Waals surface area contributed by atoms with E-state index in [-0.39, 0.29) is 24.5 Å². The Morgan fingerprint density at radius 3 is 2.75 bits per heavy atom. The Labute approximate surface area is 127 Å². The number of nitrogens with zero attached hydrogens (tertiary/aromatic N) is 1. The quantitative estimate of drug-likeness (QED) is 0.918. The van der Waals surface area contributed by atoms with Gasteiger partial charge in [-0.3, -0.25) is 4.79 Å². The first kappa shape index (κ1) is 15.0. The number of halogens is 1. The van der Waals surface area contributed by atoms with Gasteiger partial charge in [-0.2, -0.15) is 5.26 Å². The molecule has 0 atom stereocenters. The zero-order valence-electron chi connectivity index (χ0n) is 11.6. The molecule has 1 N–H and O–H groups in total. The van der Waals surface area contributed by atoms with Gasteiger partial charge in [-0.05, 0) is 17.7 Å². The van der Waals surface area contributed by atoms with E-state index < -0.39 is 5.41 Å². The van der Waals surface area contributed by atoms with Gasteiger partial charge in [0.2, 0.25) is 5.91 Å². The lowest BCUT2D eigenvalue weighted by atomic mass is 9.83. The molecular weight excluding hydrogens is 320 g/mol. The number of carbonyl (C=O) groups excluding carboxylic acids is 1. The third-order valence-corrected chi connectivity index (χ3v) is 4.14. The van der Waals surface area contributed by atoms with Gasteiger partial charge in [0.05, 0.1) is 19.3 Å². The number of ether oxygens (including phenoxy) is 1. The molecule has 5 heteroatoms. The molecule has 0 aliphatic carbocycles. The van der Waals surface area contributed by atoms with Gasteiger partial charge in [0.15, 0.2) is 5.41 Å². The molecule has 1 aromatic rings. The van der Waals surface area contributed by atoms with Gasteiger partial charge < -0.3 is 10.1 Å². The van der Waals surface area contributed by atoms with E-state index in [0.717, 1.165) is 10.0 Å². The summed E-state index contributed by atoms with van der Waals surface area (Å²) in [6.07, 6.45) is 0. The molecule has 0 radical (unpaired) electrons. The number of carbonyl (C=O) groups is 1. The van der Waals surface area contributed by atoms with Gasteiger partial charge in [-0.1, -0.05) is 41.9 Å². The third kappa shape index (κ3) is 2.87. The van der Waals surface area contributed by atoms with Gasteiger partial charge in [0.25, 0.3) is 0 Å². The summed E-state index contributed by atoms with van der Waals surface area (Å²) in [5, 5.41) is 12.0. The summed E-state index contributed by atoms with van der Waals surface area (Å²) < 4.78 is 6.00. The summed E-state index contributed by atoms with van der Waals surface area (Å²) in [6.45, 7) is 4.97. The Hall–Kier alpha value is -1.38. The van der Waals surface area contributed by atoms with Gasteiger partial charge in [-0.25, -0.2) is 0 Å². The van der Waals surface area contributed by atoms with Crippen molar-refractivity contribution in [3.05, 3.63) is 34.3 Å². The second kappa shape index (κ2) is 5.55. The molecule has 1 aromatic carbocycles. The molecular formula is C15H17BrN2O2. The smallest absolute Gasteiger partial charge is 0.245 e. The second-order valence-electron chi connectivity index (χ2n) is 5.76. The first-order chi connectivity index (χ1) is 9.39. The van der Waals surface area contributed by atoms with Crippen LogP contribution in [0.4, 0.5) is 0 Å². The van der Waals surface area contributed by atoms with Gasteiger partial charge in [0.1, 0.15) is 0 Å². The van der Waals surface area contributed by atoms with E-state index in [1.54, 1.807) is 0 Å². The van der Waals surface area contributed by atoms with Crippen LogP contribution in [0.5, 0.6) is 0 Å². The maximum atomic E-state index is 12.1. The molecule has 0 unspecified atom stereocenters. The zero-order valence-corrected chi connectivity index (χ0v) is 13.2. The maximum absolute atomic E-state index is 12.1. The average molecular weight is 337 g/mol. The summed E-state index contributed by atoms with van der Waals surface area (Å²) in [5.74, 6) is -0.241. The minimum absolute atomic E-state index is 0.187. The van der Waals surface area contributed by atoms with Crippen LogP contribution in [0.15, 0.2) is 28.7 Å². The van der Waals surface area contributed by atoms with Crippen molar-refractivity contribution in [1.82, 2.24) is 5.32 Å². The first-order valence-electron chi connectivity index (χ1n) is 6.43. The number of nitriles is 1. The van der Waals surface area contributed by atoms with Crippen LogP contribution in [0.25, 0.3) is 0 Å². The fourth-order valence-corrected chi connectivity index (χ4v) is 2.43. The SMILES string of the molecule is CC(C)(CNC(=O)C1(C#N)COC1)c1cccc(Br)c1. The van der Waals surface area contributed by atoms with E-state index in [1.807, 2.05) is 24.3 Å². The highest BCUT2D eigenvalue weighted by atomic mass is 79.9. The van der Waals surface area contributed by atoms with Crippen LogP contribution in [0.2, 0.25) is 0 Å². The molecule has 2 rings (SSSR count). The van der Waals surface area contributed by atoms with E-state index in [2.05, 4.69) is 41.2 Å². The fraction of sp³-hybridized carbons (Fsp3) is 0.467. The predicted molar refractivity (Wildman–Crippen MR) is 79.0 cm³/mol. The Kier molecular flexibility index (Phi) is 4.17. The van der Waals surface area contributed by atoms with Crippen LogP contribution in [0.3, 0.4) is 0 Å². The zero-order chi connectivity index (χ0) is 14.8. The molecule has 0 bridgehead atoms. The highest BCUT2D eigenvalue weighted by Gasteiger charge is 2.46. The Morgan fingerprint density at radius 2 is 2.25 bits per heavy atom. The van der Waals surface area contributed by atoms with Crippen molar-refractivity contribution >= 4 is 21.8 Å². The van der Waals surface area contributed by atoms with Gasteiger partial charge in [-0.15, -0.1) is 0 Å². The molecule has 1 aliphatic heterocycles. The molecule has 20 heavy (non-hydrogen) atoms. The van der Waals surface area contributed by atoms with Crippen molar-refractivity contribution in [2.45, 2.75) is 19.3 Å². The highest BCUT2D eigenvalue weighted by Crippen LogP contribution is 2.28. The monoisotopic (exact) mass is 336 g/mol. The van der Waals surface area contributed by atoms with Gasteiger partial charge in [0, 0.05) is 16.4 Å². The molecule has 106 valence electrons. The molecule has 1 saturated heterocycles. The second-order valence-corrected chi connectivity index (χ2v) is 6.68. The normalized spacial score (nSPS) is 16.9. The summed E-state index contributed by atoms with van der Waals surface area (Å²) in [7, 11) is 0. The van der Waals surface area contributed by atoms with Crippen LogP contribution in [-0.2, 0) is 14.9 Å². The van der Waals surface area contributed by atoms with Crippen LogP contribution in [0, 0.1) is 16.7 Å². The van der Waals surface area contributed by atoms with Crippen molar-refractivity contribution < 1.29 is 9.53 Å². The molecule has 0 aromatic heterocycles. The van der Waals surface area contributed by atoms with E-state index in [0.29, 0.717) is 6.54 Å². The van der Waals surface area contributed by atoms with Crippen LogP contribution in [-0.4, -0.2) is 25.7 Å². The number of nitrogens with one attached hydrogen (secondary N) is 1. The molecule has 1 heterocycles. The Morgan fingerprint density at radius 1 is 1.55 bits per heavy atom. The first-order valence-corrected chi connectivity index (χ1v) is 7.22.